The number of hydrogen-bond acceptors (Lipinski definition) is 4. The lowest BCUT2D eigenvalue weighted by molar-refractivity contribution is 0.0698. The Morgan fingerprint density at radius 1 is 1.35 bits per heavy atom. The molecule has 1 aromatic heterocycles. The van der Waals surface area contributed by atoms with Crippen molar-refractivity contribution in [2.45, 2.75) is 24.7 Å². The number of carbonyl (C=O) groups is 1. The molecule has 0 atom stereocenters. The minimum atomic E-state index is -3.81. The Bertz CT molecular complexity index is 734. The minimum absolute atomic E-state index is 0.123. The SMILES string of the molecule is CCCCNS(=O)(=O)c1c(C(=O)O)sc2ccccc12. The summed E-state index contributed by atoms with van der Waals surface area (Å²) in [5, 5.41) is 9.68. The van der Waals surface area contributed by atoms with Crippen molar-refractivity contribution in [2.75, 3.05) is 6.54 Å². The summed E-state index contributed by atoms with van der Waals surface area (Å²) in [5.41, 5.74) is 0. The van der Waals surface area contributed by atoms with E-state index in [1.165, 1.54) is 0 Å². The van der Waals surface area contributed by atoms with Gasteiger partial charge in [0.05, 0.1) is 0 Å². The number of sulfonamides is 1. The predicted octanol–water partition coefficient (Wildman–Crippen LogP) is 2.68. The van der Waals surface area contributed by atoms with E-state index in [-0.39, 0.29) is 9.77 Å². The molecule has 108 valence electrons. The Balaban J connectivity index is 2.56. The molecule has 0 saturated heterocycles. The number of nitrogens with one attached hydrogen (secondary N) is 1. The van der Waals surface area contributed by atoms with Crippen molar-refractivity contribution in [1.29, 1.82) is 0 Å². The Hall–Kier alpha value is -1.44. The molecule has 0 aliphatic rings. The molecule has 1 aromatic carbocycles. The van der Waals surface area contributed by atoms with Crippen LogP contribution in [0.15, 0.2) is 29.2 Å². The van der Waals surface area contributed by atoms with Crippen molar-refractivity contribution < 1.29 is 18.3 Å². The third-order valence-electron chi connectivity index (χ3n) is 2.84. The maximum Gasteiger partial charge on any atom is 0.347 e. The predicted molar refractivity (Wildman–Crippen MR) is 78.9 cm³/mol. The first kappa shape index (κ1) is 15.0. The van der Waals surface area contributed by atoms with Crippen LogP contribution in [0.3, 0.4) is 0 Å². The highest BCUT2D eigenvalue weighted by molar-refractivity contribution is 7.90. The molecule has 2 rings (SSSR count). The van der Waals surface area contributed by atoms with E-state index in [1.54, 1.807) is 24.3 Å². The molecule has 0 saturated carbocycles. The highest BCUT2D eigenvalue weighted by Gasteiger charge is 2.27. The topological polar surface area (TPSA) is 83.5 Å². The van der Waals surface area contributed by atoms with Gasteiger partial charge in [-0.3, -0.25) is 0 Å². The van der Waals surface area contributed by atoms with Gasteiger partial charge in [0.15, 0.2) is 0 Å². The van der Waals surface area contributed by atoms with E-state index in [9.17, 15) is 18.3 Å². The lowest BCUT2D eigenvalue weighted by Crippen LogP contribution is -2.25. The monoisotopic (exact) mass is 313 g/mol. The highest BCUT2D eigenvalue weighted by Crippen LogP contribution is 2.34. The van der Waals surface area contributed by atoms with Gasteiger partial charge in [0.25, 0.3) is 0 Å². The zero-order valence-corrected chi connectivity index (χ0v) is 12.6. The van der Waals surface area contributed by atoms with Gasteiger partial charge >= 0.3 is 5.97 Å². The van der Waals surface area contributed by atoms with E-state index in [0.29, 0.717) is 23.1 Å². The Labute approximate surface area is 121 Å². The van der Waals surface area contributed by atoms with Crippen LogP contribution in [0.4, 0.5) is 0 Å². The third kappa shape index (κ3) is 2.84. The van der Waals surface area contributed by atoms with E-state index in [2.05, 4.69) is 4.72 Å². The van der Waals surface area contributed by atoms with Gasteiger partial charge in [-0.2, -0.15) is 0 Å². The molecule has 0 unspecified atom stereocenters. The van der Waals surface area contributed by atoms with Gasteiger partial charge in [0.2, 0.25) is 10.0 Å². The molecule has 0 bridgehead atoms. The molecule has 0 fully saturated rings. The second kappa shape index (κ2) is 5.90. The van der Waals surface area contributed by atoms with Gasteiger partial charge in [-0.15, -0.1) is 11.3 Å². The second-order valence-corrected chi connectivity index (χ2v) is 7.07. The summed E-state index contributed by atoms with van der Waals surface area (Å²) in [7, 11) is -3.81. The summed E-state index contributed by atoms with van der Waals surface area (Å²) >= 11 is 0.979. The number of carboxylic acid groups (broad SMARTS) is 1. The summed E-state index contributed by atoms with van der Waals surface area (Å²) in [6, 6.07) is 6.81. The number of rotatable bonds is 6. The van der Waals surface area contributed by atoms with Crippen molar-refractivity contribution >= 4 is 37.4 Å². The van der Waals surface area contributed by atoms with Crippen molar-refractivity contribution in [3.05, 3.63) is 29.1 Å². The number of aromatic carboxylic acids is 1. The maximum atomic E-state index is 12.3. The van der Waals surface area contributed by atoms with Crippen LogP contribution >= 0.6 is 11.3 Å². The van der Waals surface area contributed by atoms with Crippen LogP contribution in [0.5, 0.6) is 0 Å². The molecule has 2 N–H and O–H groups in total. The smallest absolute Gasteiger partial charge is 0.347 e. The first-order chi connectivity index (χ1) is 9.47. The minimum Gasteiger partial charge on any atom is -0.477 e. The van der Waals surface area contributed by atoms with E-state index in [0.717, 1.165) is 17.8 Å². The maximum absolute atomic E-state index is 12.3. The zero-order valence-electron chi connectivity index (χ0n) is 10.9. The van der Waals surface area contributed by atoms with Gasteiger partial charge in [0, 0.05) is 16.6 Å². The quantitative estimate of drug-likeness (QED) is 0.803. The van der Waals surface area contributed by atoms with Gasteiger partial charge in [-0.05, 0) is 12.5 Å². The van der Waals surface area contributed by atoms with Crippen molar-refractivity contribution in [3.8, 4) is 0 Å². The standard InChI is InChI=1S/C13H15NO4S2/c1-2-3-8-14-20(17,18)12-9-6-4-5-7-10(9)19-11(12)13(15)16/h4-7,14H,2-3,8H2,1H3,(H,15,16). The second-order valence-electron chi connectivity index (χ2n) is 4.31. The summed E-state index contributed by atoms with van der Waals surface area (Å²) in [5.74, 6) is -1.22. The van der Waals surface area contributed by atoms with Crippen LogP contribution in [-0.4, -0.2) is 26.0 Å². The van der Waals surface area contributed by atoms with Gasteiger partial charge in [-0.1, -0.05) is 31.5 Å². The van der Waals surface area contributed by atoms with Crippen molar-refractivity contribution in [1.82, 2.24) is 4.72 Å². The van der Waals surface area contributed by atoms with Crippen LogP contribution in [0.2, 0.25) is 0 Å². The molecule has 0 aliphatic heterocycles. The summed E-state index contributed by atoms with van der Waals surface area (Å²) in [4.78, 5) is 11.0. The van der Waals surface area contributed by atoms with E-state index in [1.807, 2.05) is 6.92 Å². The molecule has 5 nitrogen and oxygen atoms in total. The average molecular weight is 313 g/mol. The van der Waals surface area contributed by atoms with Crippen LogP contribution < -0.4 is 4.72 Å². The molecule has 7 heteroatoms. The van der Waals surface area contributed by atoms with Crippen LogP contribution in [0, 0.1) is 0 Å². The number of benzene rings is 1. The van der Waals surface area contributed by atoms with E-state index >= 15 is 0 Å². The first-order valence-corrected chi connectivity index (χ1v) is 8.52. The zero-order chi connectivity index (χ0) is 14.8. The average Bonchev–Trinajstić information content (AvgIpc) is 2.79. The van der Waals surface area contributed by atoms with Crippen LogP contribution in [0.25, 0.3) is 10.1 Å². The fourth-order valence-corrected chi connectivity index (χ4v) is 4.70. The number of thiophene rings is 1. The molecule has 20 heavy (non-hydrogen) atoms. The Morgan fingerprint density at radius 2 is 2.05 bits per heavy atom. The fourth-order valence-electron chi connectivity index (χ4n) is 1.88. The lowest BCUT2D eigenvalue weighted by Gasteiger charge is -2.06. The highest BCUT2D eigenvalue weighted by atomic mass is 32.2. The lowest BCUT2D eigenvalue weighted by atomic mass is 10.2. The fraction of sp³-hybridized carbons (Fsp3) is 0.308. The van der Waals surface area contributed by atoms with Crippen molar-refractivity contribution in [3.63, 3.8) is 0 Å². The largest absolute Gasteiger partial charge is 0.477 e. The molecule has 0 radical (unpaired) electrons. The molecular weight excluding hydrogens is 298 g/mol. The summed E-state index contributed by atoms with van der Waals surface area (Å²) in [6.45, 7) is 2.26. The van der Waals surface area contributed by atoms with Gasteiger partial charge in [-0.25, -0.2) is 17.9 Å². The Morgan fingerprint density at radius 3 is 2.70 bits per heavy atom. The van der Waals surface area contributed by atoms with Crippen LogP contribution in [0.1, 0.15) is 29.4 Å². The molecule has 1 heterocycles. The van der Waals surface area contributed by atoms with Gasteiger partial charge in [0.1, 0.15) is 9.77 Å². The molecular formula is C13H15NO4S2. The van der Waals surface area contributed by atoms with E-state index < -0.39 is 16.0 Å². The Kier molecular flexibility index (Phi) is 4.42. The normalized spacial score (nSPS) is 11.8. The molecule has 0 aliphatic carbocycles. The van der Waals surface area contributed by atoms with Crippen LogP contribution in [-0.2, 0) is 10.0 Å². The summed E-state index contributed by atoms with van der Waals surface area (Å²) < 4.78 is 27.8. The number of unbranched alkanes of at least 4 members (excludes halogenated alkanes) is 1. The molecule has 2 aromatic rings. The van der Waals surface area contributed by atoms with Crippen molar-refractivity contribution in [2.24, 2.45) is 0 Å². The number of hydrogen-bond donors (Lipinski definition) is 2. The first-order valence-electron chi connectivity index (χ1n) is 6.22. The molecule has 0 amide bonds. The third-order valence-corrected chi connectivity index (χ3v) is 5.67. The number of fused-ring (bicyclic) bond motifs is 1. The van der Waals surface area contributed by atoms with Gasteiger partial charge < -0.3 is 5.11 Å². The molecule has 0 spiro atoms. The number of carboxylic acids is 1. The summed E-state index contributed by atoms with van der Waals surface area (Å²) in [6.07, 6.45) is 1.57. The van der Waals surface area contributed by atoms with E-state index in [4.69, 9.17) is 0 Å².